The molecule has 0 saturated carbocycles. The zero-order chi connectivity index (χ0) is 23.6. The average Bonchev–Trinajstić information content (AvgIpc) is 3.38. The van der Waals surface area contributed by atoms with Gasteiger partial charge in [-0.1, -0.05) is 0 Å². The molecule has 33 heavy (non-hydrogen) atoms. The Labute approximate surface area is 205 Å². The highest BCUT2D eigenvalue weighted by atomic mass is 79.9. The molecule has 3 amide bonds. The lowest BCUT2D eigenvalue weighted by Gasteiger charge is -2.28. The van der Waals surface area contributed by atoms with Crippen LogP contribution in [0.25, 0.3) is 0 Å². The van der Waals surface area contributed by atoms with E-state index in [1.165, 1.54) is 11.3 Å². The molecule has 8 nitrogen and oxygen atoms in total. The van der Waals surface area contributed by atoms with Crippen LogP contribution in [0, 0.1) is 6.92 Å². The molecule has 0 radical (unpaired) electrons. The van der Waals surface area contributed by atoms with Gasteiger partial charge in [-0.25, -0.2) is 0 Å². The average molecular weight is 535 g/mol. The topological polar surface area (TPSA) is 91.0 Å². The molecule has 3 heterocycles. The van der Waals surface area contributed by atoms with E-state index in [0.29, 0.717) is 36.7 Å². The third-order valence-electron chi connectivity index (χ3n) is 5.98. The quantitative estimate of drug-likeness (QED) is 0.615. The number of thiophene rings is 1. The lowest BCUT2D eigenvalue weighted by atomic mass is 9.96. The van der Waals surface area contributed by atoms with Crippen LogP contribution in [0.2, 0.25) is 0 Å². The molecule has 1 atom stereocenters. The van der Waals surface area contributed by atoms with E-state index in [2.05, 4.69) is 26.6 Å². The van der Waals surface area contributed by atoms with Crippen LogP contribution in [-0.4, -0.2) is 68.1 Å². The molecule has 2 saturated heterocycles. The van der Waals surface area contributed by atoms with Gasteiger partial charge in [0.25, 0.3) is 11.8 Å². The van der Waals surface area contributed by atoms with E-state index in [4.69, 9.17) is 4.74 Å². The summed E-state index contributed by atoms with van der Waals surface area (Å²) in [5.74, 6) is -0.550. The number of hydrogen-bond acceptors (Lipinski definition) is 6. The van der Waals surface area contributed by atoms with Gasteiger partial charge in [0, 0.05) is 37.5 Å². The Kier molecular flexibility index (Phi) is 7.18. The number of carbonyl (C=O) groups excluding carboxylic acids is 3. The predicted molar refractivity (Wildman–Crippen MR) is 132 cm³/mol. The van der Waals surface area contributed by atoms with Crippen molar-refractivity contribution in [1.82, 2.24) is 10.2 Å². The molecule has 1 unspecified atom stereocenters. The number of benzene rings is 1. The molecule has 0 aliphatic carbocycles. The summed E-state index contributed by atoms with van der Waals surface area (Å²) in [7, 11) is 1.95. The van der Waals surface area contributed by atoms with Gasteiger partial charge in [0.05, 0.1) is 21.8 Å². The number of carbonyl (C=O) groups is 3. The van der Waals surface area contributed by atoms with Crippen LogP contribution in [0.15, 0.2) is 34.1 Å². The lowest BCUT2D eigenvalue weighted by molar-refractivity contribution is -0.122. The summed E-state index contributed by atoms with van der Waals surface area (Å²) in [4.78, 5) is 43.0. The van der Waals surface area contributed by atoms with Crippen molar-refractivity contribution in [3.05, 3.63) is 44.6 Å². The Morgan fingerprint density at radius 3 is 2.70 bits per heavy atom. The van der Waals surface area contributed by atoms with Crippen molar-refractivity contribution in [3.63, 3.8) is 0 Å². The summed E-state index contributed by atoms with van der Waals surface area (Å²) in [6.07, 6.45) is 1.30. The van der Waals surface area contributed by atoms with E-state index >= 15 is 0 Å². The van der Waals surface area contributed by atoms with Gasteiger partial charge >= 0.3 is 0 Å². The zero-order valence-corrected chi connectivity index (χ0v) is 21.1. The maximum Gasteiger partial charge on any atom is 0.262 e. The minimum atomic E-state index is -1.13. The summed E-state index contributed by atoms with van der Waals surface area (Å²) >= 11 is 4.67. The third-order valence-corrected chi connectivity index (χ3v) is 7.60. The Bertz CT molecular complexity index is 1070. The van der Waals surface area contributed by atoms with E-state index in [-0.39, 0.29) is 24.3 Å². The van der Waals surface area contributed by atoms with Crippen molar-refractivity contribution in [3.8, 4) is 0 Å². The van der Waals surface area contributed by atoms with Gasteiger partial charge in [-0.15, -0.1) is 11.3 Å². The summed E-state index contributed by atoms with van der Waals surface area (Å²) in [5.41, 5.74) is 1.23. The van der Waals surface area contributed by atoms with Crippen LogP contribution < -0.4 is 15.5 Å². The molecular weight excluding hydrogens is 508 g/mol. The fourth-order valence-corrected chi connectivity index (χ4v) is 5.46. The second-order valence-corrected chi connectivity index (χ2v) is 11.0. The summed E-state index contributed by atoms with van der Waals surface area (Å²) in [5, 5.41) is 5.83. The van der Waals surface area contributed by atoms with Gasteiger partial charge in [-0.05, 0) is 72.2 Å². The molecule has 2 aliphatic heterocycles. The van der Waals surface area contributed by atoms with E-state index in [0.717, 1.165) is 28.0 Å². The van der Waals surface area contributed by atoms with Crippen molar-refractivity contribution in [2.75, 3.05) is 50.1 Å². The number of nitrogens with zero attached hydrogens (tertiary/aromatic N) is 2. The predicted octanol–water partition coefficient (Wildman–Crippen LogP) is 3.02. The monoisotopic (exact) mass is 534 g/mol. The lowest BCUT2D eigenvalue weighted by Crippen LogP contribution is -2.57. The van der Waals surface area contributed by atoms with Gasteiger partial charge in [0.1, 0.15) is 5.54 Å². The van der Waals surface area contributed by atoms with E-state index < -0.39 is 5.54 Å². The largest absolute Gasteiger partial charge is 0.378 e. The first kappa shape index (κ1) is 23.9. The first-order chi connectivity index (χ1) is 15.8. The number of hydrogen-bond donors (Lipinski definition) is 2. The highest BCUT2D eigenvalue weighted by molar-refractivity contribution is 9.11. The van der Waals surface area contributed by atoms with Crippen LogP contribution in [0.4, 0.5) is 11.4 Å². The summed E-state index contributed by atoms with van der Waals surface area (Å²) < 4.78 is 6.33. The molecule has 2 aliphatic rings. The Balaban J connectivity index is 1.49. The van der Waals surface area contributed by atoms with Gasteiger partial charge in [-0.3, -0.25) is 19.3 Å². The maximum atomic E-state index is 13.3. The molecule has 2 aromatic rings. The second-order valence-electron chi connectivity index (χ2n) is 8.53. The van der Waals surface area contributed by atoms with Crippen molar-refractivity contribution < 1.29 is 19.1 Å². The van der Waals surface area contributed by atoms with Crippen LogP contribution in [-0.2, 0) is 14.3 Å². The molecule has 1 aromatic carbocycles. The minimum absolute atomic E-state index is 0.0693. The fraction of sp³-hybridized carbons (Fsp3) is 0.435. The first-order valence-electron chi connectivity index (χ1n) is 10.8. The number of aryl methyl sites for hydroxylation is 1. The number of ether oxygens (including phenoxy) is 1. The fourth-order valence-electron chi connectivity index (χ4n) is 4.18. The van der Waals surface area contributed by atoms with Crippen LogP contribution in [0.5, 0.6) is 0 Å². The van der Waals surface area contributed by atoms with E-state index in [9.17, 15) is 14.4 Å². The normalized spacial score (nSPS) is 21.7. The minimum Gasteiger partial charge on any atom is -0.378 e. The van der Waals surface area contributed by atoms with Gasteiger partial charge in [0.2, 0.25) is 5.91 Å². The number of anilines is 2. The smallest absolute Gasteiger partial charge is 0.262 e. The van der Waals surface area contributed by atoms with Crippen molar-refractivity contribution in [2.45, 2.75) is 25.3 Å². The Morgan fingerprint density at radius 2 is 2.03 bits per heavy atom. The number of likely N-dealkylation sites (N-methyl/N-ethyl adjacent to an activating group) is 1. The Hall–Kier alpha value is -2.27. The molecule has 0 bridgehead atoms. The summed E-state index contributed by atoms with van der Waals surface area (Å²) in [6, 6.07) is 9.04. The Morgan fingerprint density at radius 1 is 1.21 bits per heavy atom. The van der Waals surface area contributed by atoms with Crippen molar-refractivity contribution in [1.29, 1.82) is 0 Å². The number of amides is 3. The second kappa shape index (κ2) is 9.92. The number of rotatable bonds is 5. The zero-order valence-electron chi connectivity index (χ0n) is 18.7. The molecule has 4 rings (SSSR count). The van der Waals surface area contributed by atoms with Gasteiger partial charge < -0.3 is 20.3 Å². The number of nitrogens with one attached hydrogen (secondary N) is 2. The summed E-state index contributed by atoms with van der Waals surface area (Å²) in [6.45, 7) is 4.38. The maximum absolute atomic E-state index is 13.3. The van der Waals surface area contributed by atoms with E-state index in [1.807, 2.05) is 35.9 Å². The van der Waals surface area contributed by atoms with Crippen molar-refractivity contribution in [2.24, 2.45) is 0 Å². The number of halogens is 1. The third kappa shape index (κ3) is 5.29. The molecule has 10 heteroatoms. The highest BCUT2D eigenvalue weighted by Gasteiger charge is 2.44. The molecule has 1 aromatic heterocycles. The SMILES string of the molecule is Cc1cc(NC(=O)C2(NC(=O)c3ccc(Br)s3)CCOC2)ccc1N1CCCN(C)CC1=O. The van der Waals surface area contributed by atoms with Gasteiger partial charge in [-0.2, -0.15) is 0 Å². The molecule has 2 N–H and O–H groups in total. The van der Waals surface area contributed by atoms with Crippen molar-refractivity contribution >= 4 is 56.4 Å². The molecule has 176 valence electrons. The van der Waals surface area contributed by atoms with Crippen LogP contribution in [0.1, 0.15) is 28.1 Å². The highest BCUT2D eigenvalue weighted by Crippen LogP contribution is 2.28. The van der Waals surface area contributed by atoms with Gasteiger partial charge in [0.15, 0.2) is 0 Å². The van der Waals surface area contributed by atoms with E-state index in [1.54, 1.807) is 18.2 Å². The molecular formula is C23H27BrN4O4S. The van der Waals surface area contributed by atoms with Crippen LogP contribution >= 0.6 is 27.3 Å². The molecule has 2 fully saturated rings. The first-order valence-corrected chi connectivity index (χ1v) is 12.4. The van der Waals surface area contributed by atoms with Crippen LogP contribution in [0.3, 0.4) is 0 Å². The molecule has 0 spiro atoms. The standard InChI is InChI=1S/C23H27BrN4O4S/c1-15-12-16(4-5-17(15)28-10-3-9-27(2)13-20(28)29)25-22(31)23(8-11-32-14-23)26-21(30)18-6-7-19(24)33-18/h4-7,12H,3,8-11,13-14H2,1-2H3,(H,25,31)(H,26,30).